The molecule has 7 rings (SSSR count). The van der Waals surface area contributed by atoms with Crippen LogP contribution >= 0.6 is 0 Å². The number of nitrogens with zero attached hydrogens (tertiary/aromatic N) is 3. The molecule has 1 atom stereocenters. The Hall–Kier alpha value is -1.57. The van der Waals surface area contributed by atoms with Crippen LogP contribution in [0.5, 0.6) is 0 Å². The topological polar surface area (TPSA) is 81.1 Å². The van der Waals surface area contributed by atoms with Crippen LogP contribution in [0.3, 0.4) is 0 Å². The average molecular weight is 369 g/mol. The lowest BCUT2D eigenvalue weighted by Crippen LogP contribution is -2.58. The minimum absolute atomic E-state index is 0.0979. The minimum Gasteiger partial charge on any atom is -0.598 e. The number of imidazole rings is 1. The molecule has 2 bridgehead atoms. The van der Waals surface area contributed by atoms with Gasteiger partial charge in [-0.1, -0.05) is 0 Å². The molecule has 6 nitrogen and oxygen atoms in total. The second-order valence-electron chi connectivity index (χ2n) is 8.47. The molecular weight excluding hydrogens is 346 g/mol. The summed E-state index contributed by atoms with van der Waals surface area (Å²) in [4.78, 5) is 12.3. The molecule has 2 N–H and O–H groups in total. The van der Waals surface area contributed by atoms with Gasteiger partial charge in [-0.25, -0.2) is 9.97 Å². The van der Waals surface area contributed by atoms with Crippen LogP contribution in [0, 0.1) is 0 Å². The van der Waals surface area contributed by atoms with Gasteiger partial charge in [-0.15, -0.1) is 4.72 Å². The normalized spacial score (nSPS) is 32.5. The molecule has 0 aliphatic heterocycles. The van der Waals surface area contributed by atoms with Crippen LogP contribution < -0.4 is 4.72 Å². The Balaban J connectivity index is 1.35. The molecule has 4 aliphatic carbocycles. The number of nitrogens with one attached hydrogen (secondary N) is 2. The lowest BCUT2D eigenvalue weighted by molar-refractivity contribution is 0.0914. The molecule has 136 valence electrons. The van der Waals surface area contributed by atoms with E-state index in [2.05, 4.69) is 36.3 Å². The molecule has 0 amide bonds. The zero-order valence-electron chi connectivity index (χ0n) is 14.7. The Kier molecular flexibility index (Phi) is 3.12. The zero-order chi connectivity index (χ0) is 17.4. The number of hydrogen-bond acceptors (Lipinski definition) is 4. The summed E-state index contributed by atoms with van der Waals surface area (Å²) in [7, 11) is 0. The smallest absolute Gasteiger partial charge is 0.156 e. The molecule has 4 saturated carbocycles. The summed E-state index contributed by atoms with van der Waals surface area (Å²) in [6, 6.07) is 2.09. The first-order chi connectivity index (χ1) is 12.7. The molecule has 3 heterocycles. The Bertz CT molecular complexity index is 966. The number of aromatic amines is 1. The maximum absolute atomic E-state index is 12.4. The number of aromatic nitrogens is 4. The highest BCUT2D eigenvalue weighted by Crippen LogP contribution is 2.54. The third kappa shape index (κ3) is 2.14. The van der Waals surface area contributed by atoms with E-state index in [1.54, 1.807) is 0 Å². The second kappa shape index (κ2) is 5.24. The van der Waals surface area contributed by atoms with Crippen molar-refractivity contribution in [3.63, 3.8) is 0 Å². The SMILES string of the molecule is [O-][S+](NC12CCC(c3cnc4cnc5[nH]ccc5n34)(CC1)CC2)C1CC1. The van der Waals surface area contributed by atoms with Crippen molar-refractivity contribution in [1.82, 2.24) is 24.1 Å². The van der Waals surface area contributed by atoms with Gasteiger partial charge in [0.1, 0.15) is 5.25 Å². The van der Waals surface area contributed by atoms with Crippen molar-refractivity contribution >= 4 is 28.2 Å². The van der Waals surface area contributed by atoms with Gasteiger partial charge < -0.3 is 9.54 Å². The van der Waals surface area contributed by atoms with Crippen molar-refractivity contribution < 1.29 is 4.55 Å². The van der Waals surface area contributed by atoms with Crippen LogP contribution in [-0.4, -0.2) is 34.7 Å². The summed E-state index contributed by atoms with van der Waals surface area (Å²) in [5, 5.41) is 0.408. The maximum Gasteiger partial charge on any atom is 0.156 e. The van der Waals surface area contributed by atoms with Crippen molar-refractivity contribution in [2.45, 2.75) is 67.6 Å². The average Bonchev–Trinajstić information content (AvgIpc) is 3.25. The number of rotatable bonds is 4. The Morgan fingerprint density at radius 2 is 1.88 bits per heavy atom. The van der Waals surface area contributed by atoms with Crippen LogP contribution in [0.15, 0.2) is 24.7 Å². The number of hydrogen-bond donors (Lipinski definition) is 2. The van der Waals surface area contributed by atoms with Crippen LogP contribution in [-0.2, 0) is 16.8 Å². The molecule has 0 radical (unpaired) electrons. The second-order valence-corrected chi connectivity index (χ2v) is 9.93. The van der Waals surface area contributed by atoms with Gasteiger partial charge in [0.25, 0.3) is 0 Å². The van der Waals surface area contributed by atoms with Crippen LogP contribution in [0.2, 0.25) is 0 Å². The van der Waals surface area contributed by atoms with E-state index in [4.69, 9.17) is 0 Å². The molecule has 0 aromatic carbocycles. The summed E-state index contributed by atoms with van der Waals surface area (Å²) >= 11 is -0.838. The maximum atomic E-state index is 12.4. The van der Waals surface area contributed by atoms with Crippen molar-refractivity contribution in [1.29, 1.82) is 0 Å². The van der Waals surface area contributed by atoms with Gasteiger partial charge in [-0.2, -0.15) is 0 Å². The molecule has 4 aliphatic rings. The number of H-pyrrole nitrogens is 1. The molecule has 3 aromatic heterocycles. The molecule has 3 aromatic rings. The summed E-state index contributed by atoms with van der Waals surface area (Å²) in [5.41, 5.74) is 4.57. The van der Waals surface area contributed by atoms with E-state index in [1.807, 2.05) is 12.4 Å². The van der Waals surface area contributed by atoms with Gasteiger partial charge in [-0.3, -0.25) is 4.40 Å². The van der Waals surface area contributed by atoms with E-state index in [-0.39, 0.29) is 11.0 Å². The van der Waals surface area contributed by atoms with Gasteiger partial charge in [0.2, 0.25) is 0 Å². The molecule has 0 spiro atoms. The predicted octanol–water partition coefficient (Wildman–Crippen LogP) is 2.97. The first-order valence-corrected chi connectivity index (χ1v) is 10.9. The van der Waals surface area contributed by atoms with Gasteiger partial charge in [0.15, 0.2) is 11.3 Å². The quantitative estimate of drug-likeness (QED) is 0.693. The minimum atomic E-state index is -0.838. The van der Waals surface area contributed by atoms with Gasteiger partial charge >= 0.3 is 0 Å². The van der Waals surface area contributed by atoms with Crippen molar-refractivity contribution in [2.24, 2.45) is 0 Å². The van der Waals surface area contributed by atoms with Gasteiger partial charge in [-0.05, 0) is 44.6 Å². The van der Waals surface area contributed by atoms with Crippen molar-refractivity contribution in [3.05, 3.63) is 30.4 Å². The van der Waals surface area contributed by atoms with Crippen molar-refractivity contribution in [2.75, 3.05) is 0 Å². The Morgan fingerprint density at radius 3 is 2.62 bits per heavy atom. The summed E-state index contributed by atoms with van der Waals surface area (Å²) < 4.78 is 18.3. The fourth-order valence-corrected chi connectivity index (χ4v) is 6.61. The molecule has 1 unspecified atom stereocenters. The lowest BCUT2D eigenvalue weighted by atomic mass is 9.56. The fraction of sp³-hybridized carbons (Fsp3) is 0.579. The van der Waals surface area contributed by atoms with E-state index < -0.39 is 11.4 Å². The summed E-state index contributed by atoms with van der Waals surface area (Å²) in [6.45, 7) is 0. The van der Waals surface area contributed by atoms with Gasteiger partial charge in [0.05, 0.1) is 17.3 Å². The highest BCUT2D eigenvalue weighted by molar-refractivity contribution is 7.90. The van der Waals surface area contributed by atoms with E-state index in [1.165, 1.54) is 5.69 Å². The molecule has 0 saturated heterocycles. The van der Waals surface area contributed by atoms with Crippen LogP contribution in [0.25, 0.3) is 16.8 Å². The molecule has 7 heteroatoms. The third-order valence-corrected chi connectivity index (χ3v) is 8.69. The highest BCUT2D eigenvalue weighted by atomic mass is 32.2. The molecule has 26 heavy (non-hydrogen) atoms. The lowest BCUT2D eigenvalue weighted by Gasteiger charge is -2.52. The summed E-state index contributed by atoms with van der Waals surface area (Å²) in [6.07, 6.45) is 14.9. The van der Waals surface area contributed by atoms with Crippen molar-refractivity contribution in [3.8, 4) is 0 Å². The molecule has 4 fully saturated rings. The molecular formula is C19H23N5OS. The predicted molar refractivity (Wildman–Crippen MR) is 101 cm³/mol. The van der Waals surface area contributed by atoms with Crippen LogP contribution in [0.1, 0.15) is 57.1 Å². The van der Waals surface area contributed by atoms with Crippen LogP contribution in [0.4, 0.5) is 0 Å². The van der Waals surface area contributed by atoms with E-state index in [0.29, 0.717) is 5.25 Å². The van der Waals surface area contributed by atoms with E-state index >= 15 is 0 Å². The first kappa shape index (κ1) is 15.5. The Morgan fingerprint density at radius 1 is 1.12 bits per heavy atom. The highest BCUT2D eigenvalue weighted by Gasteiger charge is 2.53. The van der Waals surface area contributed by atoms with E-state index in [9.17, 15) is 4.55 Å². The Labute approximate surface area is 155 Å². The summed E-state index contributed by atoms with van der Waals surface area (Å²) in [5.74, 6) is 0. The zero-order valence-corrected chi connectivity index (χ0v) is 15.5. The third-order valence-electron chi connectivity index (χ3n) is 6.98. The first-order valence-electron chi connectivity index (χ1n) is 9.67. The van der Waals surface area contributed by atoms with Gasteiger partial charge in [0, 0.05) is 47.7 Å². The fourth-order valence-electron chi connectivity index (χ4n) is 5.14. The number of fused-ring (bicyclic) bond motifs is 6. The standard InChI is InChI=1S/C19H23N5OS/c25-26(13-1-2-13)23-19-7-4-18(5-8-19,6-9-19)15-11-21-16-12-22-17-14(24(15)16)3-10-20-17/h3,10-13,20,23H,1-2,4-9H2. The van der Waals surface area contributed by atoms with E-state index in [0.717, 1.165) is 68.2 Å². The monoisotopic (exact) mass is 369 g/mol. The largest absolute Gasteiger partial charge is 0.598 e.